The molecule has 2 saturated heterocycles. The number of hydrogen-bond donors (Lipinski definition) is 0. The molecule has 0 unspecified atom stereocenters. The SMILES string of the molecule is CC(C)n1nc(C(F)(F)F)cc1[C@H]1[C@@H]2C[C@H](N3CCC[C@]4(CCS(=O)(=O)C4)C3)C[C@@H]21. The third-order valence-corrected chi connectivity index (χ3v) is 9.86. The van der Waals surface area contributed by atoms with Gasteiger partial charge in [0.2, 0.25) is 0 Å². The van der Waals surface area contributed by atoms with Gasteiger partial charge in [-0.25, -0.2) is 8.42 Å². The number of alkyl halides is 3. The lowest BCUT2D eigenvalue weighted by Gasteiger charge is -2.43. The highest BCUT2D eigenvalue weighted by Crippen LogP contribution is 2.64. The number of sulfone groups is 1. The van der Waals surface area contributed by atoms with Crippen LogP contribution in [0.3, 0.4) is 0 Å². The Morgan fingerprint density at radius 3 is 2.47 bits per heavy atom. The summed E-state index contributed by atoms with van der Waals surface area (Å²) in [6, 6.07) is 1.60. The summed E-state index contributed by atoms with van der Waals surface area (Å²) in [6.07, 6.45) is 0.414. The summed E-state index contributed by atoms with van der Waals surface area (Å²) >= 11 is 0. The number of rotatable bonds is 3. The van der Waals surface area contributed by atoms with E-state index in [0.717, 1.165) is 50.9 Å². The van der Waals surface area contributed by atoms with Crippen molar-refractivity contribution in [3.8, 4) is 0 Å². The Kier molecular flexibility index (Phi) is 4.65. The molecule has 168 valence electrons. The molecule has 5 rings (SSSR count). The largest absolute Gasteiger partial charge is 0.435 e. The molecule has 1 aromatic rings. The van der Waals surface area contributed by atoms with E-state index in [-0.39, 0.29) is 17.4 Å². The standard InChI is InChI=1S/C21H30F3N3O2S/c1-13(2)27-17(10-18(25-27)21(22,23)24)19-15-8-14(9-16(15)19)26-6-3-4-20(11-26)5-7-30(28,29)12-20/h10,13-16,19H,3-9,11-12H2,1-2H3/t14-,15+,16-,19-,20-/m0/s1. The Labute approximate surface area is 175 Å². The molecule has 0 N–H and O–H groups in total. The molecule has 1 spiro atoms. The Morgan fingerprint density at radius 1 is 1.20 bits per heavy atom. The maximum atomic E-state index is 13.2. The van der Waals surface area contributed by atoms with E-state index in [4.69, 9.17) is 0 Å². The molecular formula is C21H30F3N3O2S. The monoisotopic (exact) mass is 445 g/mol. The minimum Gasteiger partial charge on any atom is -0.300 e. The maximum absolute atomic E-state index is 13.2. The number of nitrogens with zero attached hydrogens (tertiary/aromatic N) is 3. The summed E-state index contributed by atoms with van der Waals surface area (Å²) in [5.41, 5.74) is -0.114. The number of fused-ring (bicyclic) bond motifs is 1. The smallest absolute Gasteiger partial charge is 0.300 e. The highest BCUT2D eigenvalue weighted by atomic mass is 32.2. The fourth-order valence-electron chi connectivity index (χ4n) is 6.62. The van der Waals surface area contributed by atoms with Crippen LogP contribution in [-0.2, 0) is 16.0 Å². The highest BCUT2D eigenvalue weighted by Gasteiger charge is 2.60. The fourth-order valence-corrected chi connectivity index (χ4v) is 8.82. The molecule has 2 saturated carbocycles. The normalized spacial score (nSPS) is 38.5. The van der Waals surface area contributed by atoms with Gasteiger partial charge in [0, 0.05) is 30.2 Å². The third-order valence-electron chi connectivity index (χ3n) is 7.98. The van der Waals surface area contributed by atoms with Gasteiger partial charge in [0.1, 0.15) is 0 Å². The Balaban J connectivity index is 1.27. The van der Waals surface area contributed by atoms with Crippen LogP contribution in [0.25, 0.3) is 0 Å². The van der Waals surface area contributed by atoms with Crippen LogP contribution < -0.4 is 0 Å². The molecule has 1 aromatic heterocycles. The van der Waals surface area contributed by atoms with E-state index in [1.807, 2.05) is 13.8 Å². The van der Waals surface area contributed by atoms with Crippen molar-refractivity contribution in [2.24, 2.45) is 17.3 Å². The van der Waals surface area contributed by atoms with E-state index < -0.39 is 21.7 Å². The van der Waals surface area contributed by atoms with Crippen molar-refractivity contribution in [1.29, 1.82) is 0 Å². The zero-order valence-electron chi connectivity index (χ0n) is 17.5. The molecule has 5 atom stereocenters. The average Bonchev–Trinajstić information content (AvgIpc) is 3.03. The van der Waals surface area contributed by atoms with Crippen molar-refractivity contribution in [1.82, 2.24) is 14.7 Å². The van der Waals surface area contributed by atoms with Gasteiger partial charge in [0.25, 0.3) is 0 Å². The van der Waals surface area contributed by atoms with E-state index >= 15 is 0 Å². The molecule has 0 bridgehead atoms. The van der Waals surface area contributed by atoms with Crippen LogP contribution in [0.15, 0.2) is 6.07 Å². The molecule has 2 aliphatic carbocycles. The Bertz CT molecular complexity index is 930. The second-order valence-electron chi connectivity index (χ2n) is 10.4. The average molecular weight is 446 g/mol. The van der Waals surface area contributed by atoms with Gasteiger partial charge >= 0.3 is 6.18 Å². The molecule has 5 nitrogen and oxygen atoms in total. The minimum atomic E-state index is -4.41. The molecule has 4 fully saturated rings. The van der Waals surface area contributed by atoms with Gasteiger partial charge < -0.3 is 0 Å². The zero-order chi connectivity index (χ0) is 21.5. The molecule has 0 aromatic carbocycles. The van der Waals surface area contributed by atoms with Crippen LogP contribution in [-0.4, -0.2) is 53.7 Å². The quantitative estimate of drug-likeness (QED) is 0.709. The molecule has 3 heterocycles. The van der Waals surface area contributed by atoms with Crippen molar-refractivity contribution in [3.05, 3.63) is 17.5 Å². The maximum Gasteiger partial charge on any atom is 0.435 e. The van der Waals surface area contributed by atoms with Gasteiger partial charge in [-0.1, -0.05) is 0 Å². The van der Waals surface area contributed by atoms with E-state index in [0.29, 0.717) is 29.4 Å². The van der Waals surface area contributed by atoms with E-state index in [9.17, 15) is 21.6 Å². The van der Waals surface area contributed by atoms with E-state index in [1.54, 1.807) is 4.68 Å². The number of hydrogen-bond acceptors (Lipinski definition) is 4. The molecule has 2 aliphatic heterocycles. The van der Waals surface area contributed by atoms with Gasteiger partial charge in [0.05, 0.1) is 11.5 Å². The first kappa shape index (κ1) is 20.8. The predicted molar refractivity (Wildman–Crippen MR) is 107 cm³/mol. The van der Waals surface area contributed by atoms with Crippen molar-refractivity contribution in [3.63, 3.8) is 0 Å². The van der Waals surface area contributed by atoms with Crippen molar-refractivity contribution < 1.29 is 21.6 Å². The van der Waals surface area contributed by atoms with E-state index in [2.05, 4.69) is 10.00 Å². The van der Waals surface area contributed by atoms with Gasteiger partial charge in [-0.3, -0.25) is 9.58 Å². The minimum absolute atomic E-state index is 0.0683. The molecule has 0 amide bonds. The lowest BCUT2D eigenvalue weighted by molar-refractivity contribution is -0.141. The van der Waals surface area contributed by atoms with Crippen molar-refractivity contribution in [2.75, 3.05) is 24.6 Å². The molecule has 0 radical (unpaired) electrons. The van der Waals surface area contributed by atoms with Crippen LogP contribution >= 0.6 is 0 Å². The first-order valence-electron chi connectivity index (χ1n) is 11.1. The predicted octanol–water partition coefficient (Wildman–Crippen LogP) is 3.88. The summed E-state index contributed by atoms with van der Waals surface area (Å²) in [4.78, 5) is 2.49. The number of aromatic nitrogens is 2. The van der Waals surface area contributed by atoms with Gasteiger partial charge in [0.15, 0.2) is 15.5 Å². The van der Waals surface area contributed by atoms with Crippen LogP contribution in [0.2, 0.25) is 0 Å². The van der Waals surface area contributed by atoms with Crippen LogP contribution in [0.4, 0.5) is 13.2 Å². The number of piperidine rings is 1. The molecular weight excluding hydrogens is 415 g/mol. The van der Waals surface area contributed by atoms with Gasteiger partial charge in [-0.2, -0.15) is 18.3 Å². The molecule has 4 aliphatic rings. The number of likely N-dealkylation sites (tertiary alicyclic amines) is 1. The van der Waals surface area contributed by atoms with Crippen LogP contribution in [0.1, 0.15) is 69.3 Å². The lowest BCUT2D eigenvalue weighted by Crippen LogP contribution is -2.48. The second-order valence-corrected chi connectivity index (χ2v) is 12.6. The summed E-state index contributed by atoms with van der Waals surface area (Å²) in [5.74, 6) is 1.68. The lowest BCUT2D eigenvalue weighted by atomic mass is 9.79. The first-order valence-corrected chi connectivity index (χ1v) is 12.9. The summed E-state index contributed by atoms with van der Waals surface area (Å²) in [7, 11) is -2.90. The third kappa shape index (κ3) is 3.49. The first-order chi connectivity index (χ1) is 14.0. The summed E-state index contributed by atoms with van der Waals surface area (Å²) < 4.78 is 65.3. The summed E-state index contributed by atoms with van der Waals surface area (Å²) in [6.45, 7) is 5.63. The highest BCUT2D eigenvalue weighted by molar-refractivity contribution is 7.91. The van der Waals surface area contributed by atoms with Gasteiger partial charge in [-0.05, 0) is 75.8 Å². The topological polar surface area (TPSA) is 55.2 Å². The second kappa shape index (κ2) is 6.70. The fraction of sp³-hybridized carbons (Fsp3) is 0.857. The Morgan fingerprint density at radius 2 is 1.90 bits per heavy atom. The zero-order valence-corrected chi connectivity index (χ0v) is 18.3. The van der Waals surface area contributed by atoms with E-state index in [1.165, 1.54) is 6.07 Å². The van der Waals surface area contributed by atoms with Crippen LogP contribution in [0.5, 0.6) is 0 Å². The molecule has 30 heavy (non-hydrogen) atoms. The summed E-state index contributed by atoms with van der Waals surface area (Å²) in [5, 5.41) is 3.86. The number of halogens is 3. The van der Waals surface area contributed by atoms with Crippen molar-refractivity contribution >= 4 is 9.84 Å². The van der Waals surface area contributed by atoms with Gasteiger partial charge in [-0.15, -0.1) is 0 Å². The van der Waals surface area contributed by atoms with Crippen molar-refractivity contribution in [2.45, 2.75) is 70.1 Å². The molecule has 9 heteroatoms. The van der Waals surface area contributed by atoms with Crippen LogP contribution in [0, 0.1) is 17.3 Å². The Hall–Kier alpha value is -1.09.